The number of rotatable bonds is 5. The van der Waals surface area contributed by atoms with Gasteiger partial charge in [-0.15, -0.1) is 11.8 Å². The number of ether oxygens (including phenoxy) is 1. The lowest BCUT2D eigenvalue weighted by atomic mass is 10.2. The van der Waals surface area contributed by atoms with Crippen LogP contribution in [0.25, 0.3) is 0 Å². The first-order chi connectivity index (χ1) is 9.76. The topological polar surface area (TPSA) is 51.2 Å². The number of nitrogens with one attached hydrogen (secondary N) is 1. The van der Waals surface area contributed by atoms with Gasteiger partial charge in [0.05, 0.1) is 12.3 Å². The first-order valence-electron chi connectivity index (χ1n) is 6.28. The first kappa shape index (κ1) is 14.4. The van der Waals surface area contributed by atoms with Gasteiger partial charge < -0.3 is 10.1 Å². The second kappa shape index (κ2) is 6.96. The number of nitrogens with zero attached hydrogens (tertiary/aromatic N) is 1. The fraction of sp³-hybridized carbons (Fsp3) is 0.200. The zero-order chi connectivity index (χ0) is 14.4. The number of carbonyl (C=O) groups excluding carboxylic acids is 1. The molecule has 0 unspecified atom stereocenters. The van der Waals surface area contributed by atoms with Crippen LogP contribution in [0, 0.1) is 0 Å². The summed E-state index contributed by atoms with van der Waals surface area (Å²) in [5.74, 6) is 0.136. The zero-order valence-electron chi connectivity index (χ0n) is 11.4. The zero-order valence-corrected chi connectivity index (χ0v) is 12.2. The number of para-hydroxylation sites is 1. The molecule has 2 rings (SSSR count). The number of amides is 1. The van der Waals surface area contributed by atoms with Crippen molar-refractivity contribution in [2.45, 2.75) is 11.8 Å². The van der Waals surface area contributed by atoms with Crippen molar-refractivity contribution in [1.29, 1.82) is 0 Å². The molecule has 0 spiro atoms. The molecule has 0 saturated carbocycles. The molecule has 1 aromatic heterocycles. The summed E-state index contributed by atoms with van der Waals surface area (Å²) in [5.41, 5.74) is 1.22. The minimum absolute atomic E-state index is 0.219. The van der Waals surface area contributed by atoms with E-state index >= 15 is 0 Å². The van der Waals surface area contributed by atoms with Gasteiger partial charge in [-0.1, -0.05) is 12.1 Å². The van der Waals surface area contributed by atoms with Crippen LogP contribution in [-0.4, -0.2) is 23.8 Å². The van der Waals surface area contributed by atoms with E-state index in [1.54, 1.807) is 30.1 Å². The third-order valence-corrected chi connectivity index (χ3v) is 3.45. The molecular formula is C15H16N2O2S. The second-order valence-corrected chi connectivity index (χ2v) is 4.79. The quantitative estimate of drug-likeness (QED) is 0.856. The summed E-state index contributed by atoms with van der Waals surface area (Å²) in [6.45, 7) is 2.33. The predicted molar refractivity (Wildman–Crippen MR) is 81.6 cm³/mol. The van der Waals surface area contributed by atoms with Crippen LogP contribution in [0.2, 0.25) is 0 Å². The highest BCUT2D eigenvalue weighted by Gasteiger charge is 2.14. The van der Waals surface area contributed by atoms with E-state index in [0.717, 1.165) is 10.6 Å². The summed E-state index contributed by atoms with van der Waals surface area (Å²) in [7, 11) is 0. The number of pyridine rings is 1. The van der Waals surface area contributed by atoms with Gasteiger partial charge in [-0.05, 0) is 37.4 Å². The molecule has 0 radical (unpaired) electrons. The molecule has 0 aliphatic rings. The van der Waals surface area contributed by atoms with E-state index in [4.69, 9.17) is 4.74 Å². The van der Waals surface area contributed by atoms with Crippen LogP contribution in [-0.2, 0) is 0 Å². The van der Waals surface area contributed by atoms with Gasteiger partial charge in [0.1, 0.15) is 5.56 Å². The average molecular weight is 288 g/mol. The largest absolute Gasteiger partial charge is 0.477 e. The molecule has 104 valence electrons. The Bertz CT molecular complexity index is 602. The summed E-state index contributed by atoms with van der Waals surface area (Å²) in [5, 5.41) is 2.90. The predicted octanol–water partition coefficient (Wildman–Crippen LogP) is 3.45. The van der Waals surface area contributed by atoms with Gasteiger partial charge >= 0.3 is 0 Å². The average Bonchev–Trinajstić information content (AvgIpc) is 2.48. The fourth-order valence-corrected chi connectivity index (χ4v) is 2.31. The Morgan fingerprint density at radius 3 is 2.85 bits per heavy atom. The molecule has 0 saturated heterocycles. The van der Waals surface area contributed by atoms with Gasteiger partial charge in [-0.2, -0.15) is 0 Å². The molecule has 1 amide bonds. The van der Waals surface area contributed by atoms with Crippen LogP contribution in [0.15, 0.2) is 47.5 Å². The highest BCUT2D eigenvalue weighted by Crippen LogP contribution is 2.26. The minimum atomic E-state index is -0.219. The number of aromatic nitrogens is 1. The number of anilines is 1. The maximum absolute atomic E-state index is 12.3. The van der Waals surface area contributed by atoms with Crippen LogP contribution in [0.3, 0.4) is 0 Å². The molecule has 2 aromatic rings. The van der Waals surface area contributed by atoms with Crippen molar-refractivity contribution in [3.05, 3.63) is 48.2 Å². The van der Waals surface area contributed by atoms with Crippen molar-refractivity contribution in [2.24, 2.45) is 0 Å². The molecular weight excluding hydrogens is 272 g/mol. The Kier molecular flexibility index (Phi) is 5.01. The lowest BCUT2D eigenvalue weighted by molar-refractivity contribution is 0.102. The number of benzene rings is 1. The van der Waals surface area contributed by atoms with E-state index in [-0.39, 0.29) is 5.91 Å². The second-order valence-electron chi connectivity index (χ2n) is 3.94. The maximum atomic E-state index is 12.3. The third kappa shape index (κ3) is 3.30. The lowest BCUT2D eigenvalue weighted by Gasteiger charge is -2.11. The SMILES string of the molecule is CCOc1ncccc1C(=O)Nc1ccccc1SC. The Hall–Kier alpha value is -2.01. The van der Waals surface area contributed by atoms with Gasteiger partial charge in [-0.3, -0.25) is 4.79 Å². The molecule has 0 aliphatic carbocycles. The van der Waals surface area contributed by atoms with E-state index in [9.17, 15) is 4.79 Å². The van der Waals surface area contributed by atoms with Gasteiger partial charge in [-0.25, -0.2) is 4.98 Å². The Labute approximate surface area is 122 Å². The fourth-order valence-electron chi connectivity index (χ4n) is 1.75. The molecule has 1 aromatic carbocycles. The molecule has 1 heterocycles. The van der Waals surface area contributed by atoms with Gasteiger partial charge in [0.15, 0.2) is 0 Å². The molecule has 5 heteroatoms. The van der Waals surface area contributed by atoms with Crippen LogP contribution in [0.1, 0.15) is 17.3 Å². The Balaban J connectivity index is 2.24. The highest BCUT2D eigenvalue weighted by molar-refractivity contribution is 7.98. The molecule has 0 aliphatic heterocycles. The number of hydrogen-bond acceptors (Lipinski definition) is 4. The van der Waals surface area contributed by atoms with Crippen molar-refractivity contribution in [3.63, 3.8) is 0 Å². The molecule has 20 heavy (non-hydrogen) atoms. The van der Waals surface area contributed by atoms with Crippen molar-refractivity contribution >= 4 is 23.4 Å². The summed E-state index contributed by atoms with van der Waals surface area (Å²) in [6, 6.07) is 11.1. The summed E-state index contributed by atoms with van der Waals surface area (Å²) < 4.78 is 5.38. The third-order valence-electron chi connectivity index (χ3n) is 2.65. The van der Waals surface area contributed by atoms with E-state index in [2.05, 4.69) is 10.3 Å². The summed E-state index contributed by atoms with van der Waals surface area (Å²) in [4.78, 5) is 17.4. The number of hydrogen-bond donors (Lipinski definition) is 1. The van der Waals surface area contributed by atoms with Crippen molar-refractivity contribution < 1.29 is 9.53 Å². The van der Waals surface area contributed by atoms with Crippen LogP contribution < -0.4 is 10.1 Å². The van der Waals surface area contributed by atoms with Crippen LogP contribution >= 0.6 is 11.8 Å². The maximum Gasteiger partial charge on any atom is 0.261 e. The van der Waals surface area contributed by atoms with Crippen LogP contribution in [0.4, 0.5) is 5.69 Å². The smallest absolute Gasteiger partial charge is 0.261 e. The summed E-state index contributed by atoms with van der Waals surface area (Å²) >= 11 is 1.59. The molecule has 4 nitrogen and oxygen atoms in total. The van der Waals surface area contributed by atoms with Crippen molar-refractivity contribution in [1.82, 2.24) is 4.98 Å². The minimum Gasteiger partial charge on any atom is -0.477 e. The van der Waals surface area contributed by atoms with Crippen molar-refractivity contribution in [3.8, 4) is 5.88 Å². The Morgan fingerprint density at radius 2 is 2.10 bits per heavy atom. The van der Waals surface area contributed by atoms with Crippen molar-refractivity contribution in [2.75, 3.05) is 18.2 Å². The molecule has 1 N–H and O–H groups in total. The summed E-state index contributed by atoms with van der Waals surface area (Å²) in [6.07, 6.45) is 3.58. The van der Waals surface area contributed by atoms with E-state index in [0.29, 0.717) is 18.1 Å². The van der Waals surface area contributed by atoms with E-state index in [1.807, 2.05) is 37.4 Å². The van der Waals surface area contributed by atoms with Gasteiger partial charge in [0.25, 0.3) is 5.91 Å². The van der Waals surface area contributed by atoms with Gasteiger partial charge in [0.2, 0.25) is 5.88 Å². The molecule has 0 bridgehead atoms. The normalized spacial score (nSPS) is 10.1. The standard InChI is InChI=1S/C15H16N2O2S/c1-3-19-15-11(7-6-10-16-15)14(18)17-12-8-4-5-9-13(12)20-2/h4-10H,3H2,1-2H3,(H,17,18). The van der Waals surface area contributed by atoms with Gasteiger partial charge in [0, 0.05) is 11.1 Å². The van der Waals surface area contributed by atoms with Crippen LogP contribution in [0.5, 0.6) is 5.88 Å². The lowest BCUT2D eigenvalue weighted by Crippen LogP contribution is -2.14. The van der Waals surface area contributed by atoms with E-state index in [1.165, 1.54) is 0 Å². The monoisotopic (exact) mass is 288 g/mol. The van der Waals surface area contributed by atoms with E-state index < -0.39 is 0 Å². The first-order valence-corrected chi connectivity index (χ1v) is 7.51. The molecule has 0 atom stereocenters. The molecule has 0 fully saturated rings. The Morgan fingerprint density at radius 1 is 1.30 bits per heavy atom. The highest BCUT2D eigenvalue weighted by atomic mass is 32.2. The number of thioether (sulfide) groups is 1. The number of carbonyl (C=O) groups is 1.